The van der Waals surface area contributed by atoms with E-state index < -0.39 is 6.10 Å². The highest BCUT2D eigenvalue weighted by Gasteiger charge is 2.15. The van der Waals surface area contributed by atoms with Gasteiger partial charge in [0.05, 0.1) is 29.3 Å². The molecule has 1 heterocycles. The normalized spacial score (nSPS) is 13.7. The minimum absolute atomic E-state index is 0.0969. The highest BCUT2D eigenvalue weighted by atomic mass is 32.2. The molecule has 0 radical (unpaired) electrons. The Morgan fingerprint density at radius 3 is 2.75 bits per heavy atom. The van der Waals surface area contributed by atoms with E-state index in [9.17, 15) is 14.7 Å². The monoisotopic (exact) mass is 349 g/mol. The Bertz CT molecular complexity index is 773. The fraction of sp³-hybridized carbons (Fsp3) is 0.471. The summed E-state index contributed by atoms with van der Waals surface area (Å²) < 4.78 is 1.44. The lowest BCUT2D eigenvalue weighted by molar-refractivity contribution is -0.119. The fourth-order valence-corrected chi connectivity index (χ4v) is 3.05. The molecule has 1 aromatic heterocycles. The van der Waals surface area contributed by atoms with Gasteiger partial charge in [-0.3, -0.25) is 14.2 Å². The predicted molar refractivity (Wildman–Crippen MR) is 96.3 cm³/mol. The Labute approximate surface area is 145 Å². The first-order chi connectivity index (χ1) is 11.4. The molecule has 1 amide bonds. The number of aliphatic hydroxyl groups excluding tert-OH is 1. The maximum absolute atomic E-state index is 12.7. The van der Waals surface area contributed by atoms with Gasteiger partial charge in [0, 0.05) is 6.04 Å². The molecule has 130 valence electrons. The zero-order valence-corrected chi connectivity index (χ0v) is 15.0. The molecule has 0 aliphatic rings. The predicted octanol–water partition coefficient (Wildman–Crippen LogP) is 1.78. The Hall–Kier alpha value is -1.86. The number of benzene rings is 1. The van der Waals surface area contributed by atoms with E-state index in [-0.39, 0.29) is 29.8 Å². The van der Waals surface area contributed by atoms with Crippen LogP contribution in [0.4, 0.5) is 0 Å². The van der Waals surface area contributed by atoms with Crippen LogP contribution < -0.4 is 10.9 Å². The summed E-state index contributed by atoms with van der Waals surface area (Å²) >= 11 is 1.21. The van der Waals surface area contributed by atoms with Crippen molar-refractivity contribution in [3.63, 3.8) is 0 Å². The minimum atomic E-state index is -0.682. The molecule has 2 rings (SSSR count). The molecule has 1 aromatic carbocycles. The molecule has 0 saturated heterocycles. The number of amides is 1. The molecule has 7 heteroatoms. The van der Waals surface area contributed by atoms with Crippen LogP contribution in [0.25, 0.3) is 10.9 Å². The first-order valence-corrected chi connectivity index (χ1v) is 9.00. The number of hydrogen-bond acceptors (Lipinski definition) is 5. The number of fused-ring (bicyclic) bond motifs is 1. The molecular weight excluding hydrogens is 326 g/mol. The third-order valence-corrected chi connectivity index (χ3v) is 4.60. The quantitative estimate of drug-likeness (QED) is 0.588. The van der Waals surface area contributed by atoms with E-state index in [1.54, 1.807) is 25.1 Å². The van der Waals surface area contributed by atoms with Gasteiger partial charge in [0.2, 0.25) is 5.91 Å². The van der Waals surface area contributed by atoms with Crippen molar-refractivity contribution in [3.8, 4) is 0 Å². The lowest BCUT2D eigenvalue weighted by Gasteiger charge is -2.15. The van der Waals surface area contributed by atoms with Gasteiger partial charge in [0.25, 0.3) is 5.56 Å². The van der Waals surface area contributed by atoms with Crippen LogP contribution in [0.3, 0.4) is 0 Å². The van der Waals surface area contributed by atoms with Crippen molar-refractivity contribution >= 4 is 28.6 Å². The van der Waals surface area contributed by atoms with Crippen molar-refractivity contribution in [2.75, 3.05) is 5.75 Å². The summed E-state index contributed by atoms with van der Waals surface area (Å²) in [6, 6.07) is 7.20. The summed E-state index contributed by atoms with van der Waals surface area (Å²) in [5.41, 5.74) is 0.389. The number of carbonyl (C=O) groups is 1. The van der Waals surface area contributed by atoms with Crippen LogP contribution in [0.5, 0.6) is 0 Å². The molecule has 2 atom stereocenters. The van der Waals surface area contributed by atoms with Gasteiger partial charge < -0.3 is 10.4 Å². The van der Waals surface area contributed by atoms with Crippen LogP contribution in [-0.2, 0) is 11.3 Å². The summed E-state index contributed by atoms with van der Waals surface area (Å²) in [5, 5.41) is 13.5. The number of para-hydroxylation sites is 1. The maximum Gasteiger partial charge on any atom is 0.262 e. The number of rotatable bonds is 7. The zero-order valence-electron chi connectivity index (χ0n) is 14.2. The molecule has 0 aliphatic carbocycles. The van der Waals surface area contributed by atoms with Crippen LogP contribution in [0.1, 0.15) is 27.2 Å². The number of hydrogen-bond donors (Lipinski definition) is 2. The van der Waals surface area contributed by atoms with E-state index in [2.05, 4.69) is 10.3 Å². The molecule has 2 N–H and O–H groups in total. The van der Waals surface area contributed by atoms with Crippen molar-refractivity contribution in [2.45, 2.75) is 51.0 Å². The molecule has 0 unspecified atom stereocenters. The number of nitrogens with one attached hydrogen (secondary N) is 1. The van der Waals surface area contributed by atoms with Gasteiger partial charge in [-0.1, -0.05) is 30.8 Å². The standard InChI is InChI=1S/C17H23N3O3S/c1-4-11(2)18-15(22)10-24-17-19-14-8-6-5-7-13(14)16(23)20(17)9-12(3)21/h5-8,11-12,21H,4,9-10H2,1-3H3,(H,18,22)/t11-,12+/m0/s1. The molecule has 2 aromatic rings. The molecule has 0 fully saturated rings. The minimum Gasteiger partial charge on any atom is -0.392 e. The van der Waals surface area contributed by atoms with Gasteiger partial charge in [0.1, 0.15) is 0 Å². The maximum atomic E-state index is 12.7. The molecule has 0 spiro atoms. The number of aromatic nitrogens is 2. The lowest BCUT2D eigenvalue weighted by Crippen LogP contribution is -2.33. The smallest absolute Gasteiger partial charge is 0.262 e. The Kier molecular flexibility index (Phi) is 6.39. The van der Waals surface area contributed by atoms with Crippen molar-refractivity contribution < 1.29 is 9.90 Å². The first kappa shape index (κ1) is 18.5. The van der Waals surface area contributed by atoms with Crippen LogP contribution in [0.15, 0.2) is 34.2 Å². The summed E-state index contributed by atoms with van der Waals surface area (Å²) in [4.78, 5) is 29.1. The Balaban J connectivity index is 2.30. The van der Waals surface area contributed by atoms with E-state index >= 15 is 0 Å². The second kappa shape index (κ2) is 8.30. The van der Waals surface area contributed by atoms with Gasteiger partial charge in [-0.25, -0.2) is 4.98 Å². The highest BCUT2D eigenvalue weighted by molar-refractivity contribution is 7.99. The third-order valence-electron chi connectivity index (χ3n) is 3.63. The van der Waals surface area contributed by atoms with E-state index in [4.69, 9.17) is 0 Å². The van der Waals surface area contributed by atoms with Crippen molar-refractivity contribution in [1.82, 2.24) is 14.9 Å². The average molecular weight is 349 g/mol. The summed E-state index contributed by atoms with van der Waals surface area (Å²) in [6.45, 7) is 5.71. The topological polar surface area (TPSA) is 84.2 Å². The second-order valence-corrected chi connectivity index (χ2v) is 6.78. The van der Waals surface area contributed by atoms with E-state index in [0.29, 0.717) is 16.1 Å². The van der Waals surface area contributed by atoms with Crippen LogP contribution >= 0.6 is 11.8 Å². The summed E-state index contributed by atoms with van der Waals surface area (Å²) in [7, 11) is 0. The van der Waals surface area contributed by atoms with Gasteiger partial charge >= 0.3 is 0 Å². The van der Waals surface area contributed by atoms with Crippen LogP contribution in [0, 0.1) is 0 Å². The van der Waals surface area contributed by atoms with Gasteiger partial charge in [-0.05, 0) is 32.4 Å². The Morgan fingerprint density at radius 2 is 2.08 bits per heavy atom. The number of thioether (sulfide) groups is 1. The lowest BCUT2D eigenvalue weighted by atomic mass is 10.2. The Morgan fingerprint density at radius 1 is 1.38 bits per heavy atom. The average Bonchev–Trinajstić information content (AvgIpc) is 2.55. The van der Waals surface area contributed by atoms with Crippen LogP contribution in [-0.4, -0.2) is 38.5 Å². The van der Waals surface area contributed by atoms with Crippen LogP contribution in [0.2, 0.25) is 0 Å². The van der Waals surface area contributed by atoms with E-state index in [0.717, 1.165) is 6.42 Å². The second-order valence-electron chi connectivity index (χ2n) is 5.84. The molecule has 24 heavy (non-hydrogen) atoms. The van der Waals surface area contributed by atoms with Gasteiger partial charge in [-0.15, -0.1) is 0 Å². The fourth-order valence-electron chi connectivity index (χ4n) is 2.23. The highest BCUT2D eigenvalue weighted by Crippen LogP contribution is 2.18. The molecule has 0 bridgehead atoms. The van der Waals surface area contributed by atoms with Crippen molar-refractivity contribution in [3.05, 3.63) is 34.6 Å². The van der Waals surface area contributed by atoms with E-state index in [1.165, 1.54) is 16.3 Å². The zero-order chi connectivity index (χ0) is 17.7. The third kappa shape index (κ3) is 4.58. The largest absolute Gasteiger partial charge is 0.392 e. The molecule has 0 aliphatic heterocycles. The summed E-state index contributed by atoms with van der Waals surface area (Å²) in [5.74, 6) is 0.0786. The summed E-state index contributed by atoms with van der Waals surface area (Å²) in [6.07, 6.45) is 0.177. The van der Waals surface area contributed by atoms with E-state index in [1.807, 2.05) is 19.9 Å². The molecule has 0 saturated carbocycles. The molecular formula is C17H23N3O3S. The SMILES string of the molecule is CC[C@H](C)NC(=O)CSc1nc2ccccc2c(=O)n1C[C@@H](C)O. The number of carbonyl (C=O) groups excluding carboxylic acids is 1. The van der Waals surface area contributed by atoms with Gasteiger partial charge in [0.15, 0.2) is 5.16 Å². The van der Waals surface area contributed by atoms with Crippen molar-refractivity contribution in [2.24, 2.45) is 0 Å². The first-order valence-electron chi connectivity index (χ1n) is 8.02. The molecule has 6 nitrogen and oxygen atoms in total. The number of aliphatic hydroxyl groups is 1. The van der Waals surface area contributed by atoms with Gasteiger partial charge in [-0.2, -0.15) is 0 Å². The van der Waals surface area contributed by atoms with Crippen molar-refractivity contribution in [1.29, 1.82) is 0 Å². The number of nitrogens with zero attached hydrogens (tertiary/aromatic N) is 2.